The van der Waals surface area contributed by atoms with E-state index in [9.17, 15) is 4.79 Å². The molecule has 0 saturated heterocycles. The summed E-state index contributed by atoms with van der Waals surface area (Å²) in [5.74, 6) is -0.113. The number of nitrogens with zero attached hydrogens (tertiary/aromatic N) is 1. The lowest BCUT2D eigenvalue weighted by atomic mass is 10.1. The van der Waals surface area contributed by atoms with Gasteiger partial charge in [-0.1, -0.05) is 30.4 Å². The molecule has 5 heteroatoms. The van der Waals surface area contributed by atoms with Gasteiger partial charge < -0.3 is 15.4 Å². The Morgan fingerprint density at radius 1 is 1.37 bits per heavy atom. The van der Waals surface area contributed by atoms with E-state index in [1.165, 1.54) is 7.11 Å². The number of ether oxygens (including phenoxy) is 1. The zero-order chi connectivity index (χ0) is 14.5. The highest BCUT2D eigenvalue weighted by atomic mass is 32.1. The van der Waals surface area contributed by atoms with E-state index >= 15 is 0 Å². The largest absolute Gasteiger partial charge is 0.393 e. The second-order valence-electron chi connectivity index (χ2n) is 4.72. The fourth-order valence-electron chi connectivity index (χ4n) is 1.59. The molecule has 0 heterocycles. The standard InChI is InChI=1S/C14H20N2O2S/c1-14(2,18-3)13(17)16(10-9-12(15)19)11-7-5-4-6-8-11/h4-8H,9-10H2,1-3H3,(H2,15,19). The first-order chi connectivity index (χ1) is 8.88. The number of anilines is 1. The van der Waals surface area contributed by atoms with Gasteiger partial charge in [-0.25, -0.2) is 0 Å². The predicted octanol–water partition coefficient (Wildman–Crippen LogP) is 2.12. The van der Waals surface area contributed by atoms with E-state index in [1.54, 1.807) is 18.7 Å². The normalized spacial score (nSPS) is 11.1. The number of methoxy groups -OCH3 is 1. The van der Waals surface area contributed by atoms with Gasteiger partial charge in [-0.05, 0) is 26.0 Å². The minimum absolute atomic E-state index is 0.113. The van der Waals surface area contributed by atoms with Crippen LogP contribution < -0.4 is 10.6 Å². The molecule has 0 atom stereocenters. The maximum absolute atomic E-state index is 12.5. The molecular weight excluding hydrogens is 260 g/mol. The van der Waals surface area contributed by atoms with Crippen molar-refractivity contribution in [2.45, 2.75) is 25.9 Å². The fourth-order valence-corrected chi connectivity index (χ4v) is 1.68. The summed E-state index contributed by atoms with van der Waals surface area (Å²) in [6.07, 6.45) is 0.482. The number of hydrogen-bond acceptors (Lipinski definition) is 3. The highest BCUT2D eigenvalue weighted by molar-refractivity contribution is 7.80. The first-order valence-electron chi connectivity index (χ1n) is 6.09. The molecule has 0 spiro atoms. The van der Waals surface area contributed by atoms with Crippen molar-refractivity contribution in [2.75, 3.05) is 18.6 Å². The summed E-state index contributed by atoms with van der Waals surface area (Å²) < 4.78 is 5.25. The lowest BCUT2D eigenvalue weighted by molar-refractivity contribution is -0.136. The molecule has 0 saturated carbocycles. The van der Waals surface area contributed by atoms with Gasteiger partial charge in [0.15, 0.2) is 0 Å². The van der Waals surface area contributed by atoms with Crippen molar-refractivity contribution < 1.29 is 9.53 Å². The topological polar surface area (TPSA) is 55.6 Å². The quantitative estimate of drug-likeness (QED) is 0.811. The molecule has 0 unspecified atom stereocenters. The first-order valence-corrected chi connectivity index (χ1v) is 6.50. The molecule has 4 nitrogen and oxygen atoms in total. The van der Waals surface area contributed by atoms with Crippen LogP contribution >= 0.6 is 12.2 Å². The molecule has 104 valence electrons. The summed E-state index contributed by atoms with van der Waals surface area (Å²) in [6, 6.07) is 9.43. The van der Waals surface area contributed by atoms with E-state index in [2.05, 4.69) is 0 Å². The van der Waals surface area contributed by atoms with Crippen molar-refractivity contribution in [1.82, 2.24) is 0 Å². The molecule has 1 aromatic carbocycles. The molecule has 0 radical (unpaired) electrons. The second-order valence-corrected chi connectivity index (χ2v) is 5.25. The zero-order valence-electron chi connectivity index (χ0n) is 11.6. The van der Waals surface area contributed by atoms with Crippen LogP contribution in [-0.2, 0) is 9.53 Å². The summed E-state index contributed by atoms with van der Waals surface area (Å²) in [7, 11) is 1.52. The zero-order valence-corrected chi connectivity index (χ0v) is 12.4. The number of carbonyl (C=O) groups excluding carboxylic acids is 1. The van der Waals surface area contributed by atoms with Crippen LogP contribution in [0.4, 0.5) is 5.69 Å². The van der Waals surface area contributed by atoms with Crippen LogP contribution in [-0.4, -0.2) is 30.2 Å². The summed E-state index contributed by atoms with van der Waals surface area (Å²) in [6.45, 7) is 3.93. The lowest BCUT2D eigenvalue weighted by Crippen LogP contribution is -2.47. The van der Waals surface area contributed by atoms with E-state index < -0.39 is 5.60 Å². The highest BCUT2D eigenvalue weighted by Crippen LogP contribution is 2.20. The SMILES string of the molecule is COC(C)(C)C(=O)N(CCC(N)=S)c1ccccc1. The number of thiocarbonyl (C=S) groups is 1. The third-order valence-corrected chi connectivity index (χ3v) is 3.12. The molecule has 19 heavy (non-hydrogen) atoms. The molecule has 1 rings (SSSR count). The minimum atomic E-state index is -0.883. The summed E-state index contributed by atoms with van der Waals surface area (Å²) in [4.78, 5) is 14.6. The van der Waals surface area contributed by atoms with Gasteiger partial charge in [-0.2, -0.15) is 0 Å². The van der Waals surface area contributed by atoms with E-state index in [1.807, 2.05) is 30.3 Å². The number of nitrogens with two attached hydrogens (primary N) is 1. The minimum Gasteiger partial charge on any atom is -0.393 e. The molecule has 2 N–H and O–H groups in total. The molecule has 0 aliphatic carbocycles. The molecule has 0 aliphatic rings. The van der Waals surface area contributed by atoms with Gasteiger partial charge in [0.05, 0.1) is 4.99 Å². The Labute approximate surface area is 119 Å². The number of benzene rings is 1. The summed E-state index contributed by atoms with van der Waals surface area (Å²) in [5.41, 5.74) is 5.45. The monoisotopic (exact) mass is 280 g/mol. The van der Waals surface area contributed by atoms with Crippen molar-refractivity contribution in [3.8, 4) is 0 Å². The van der Waals surface area contributed by atoms with Crippen molar-refractivity contribution in [2.24, 2.45) is 5.73 Å². The first kappa shape index (κ1) is 15.6. The molecule has 1 aromatic rings. The van der Waals surface area contributed by atoms with Crippen LogP contribution in [0.3, 0.4) is 0 Å². The Bertz CT molecular complexity index is 446. The molecular formula is C14H20N2O2S. The van der Waals surface area contributed by atoms with E-state index in [0.717, 1.165) is 5.69 Å². The number of para-hydroxylation sites is 1. The van der Waals surface area contributed by atoms with Crippen LogP contribution in [0.2, 0.25) is 0 Å². The van der Waals surface area contributed by atoms with Crippen molar-refractivity contribution in [3.63, 3.8) is 0 Å². The van der Waals surface area contributed by atoms with E-state index in [0.29, 0.717) is 18.0 Å². The van der Waals surface area contributed by atoms with E-state index in [4.69, 9.17) is 22.7 Å². The van der Waals surface area contributed by atoms with Crippen LogP contribution in [0, 0.1) is 0 Å². The van der Waals surface area contributed by atoms with Gasteiger partial charge in [-0.15, -0.1) is 0 Å². The highest BCUT2D eigenvalue weighted by Gasteiger charge is 2.32. The Balaban J connectivity index is 2.99. The Morgan fingerprint density at radius 2 is 1.95 bits per heavy atom. The van der Waals surface area contributed by atoms with Crippen LogP contribution in [0.15, 0.2) is 30.3 Å². The predicted molar refractivity (Wildman–Crippen MR) is 81.3 cm³/mol. The van der Waals surface area contributed by atoms with Gasteiger partial charge in [0, 0.05) is 25.8 Å². The third-order valence-electron chi connectivity index (χ3n) is 2.92. The maximum Gasteiger partial charge on any atom is 0.258 e. The Kier molecular flexibility index (Phi) is 5.44. The van der Waals surface area contributed by atoms with Crippen molar-refractivity contribution >= 4 is 28.8 Å². The van der Waals surface area contributed by atoms with Gasteiger partial charge >= 0.3 is 0 Å². The Hall–Kier alpha value is -1.46. The van der Waals surface area contributed by atoms with Crippen LogP contribution in [0.1, 0.15) is 20.3 Å². The lowest BCUT2D eigenvalue weighted by Gasteiger charge is -2.31. The van der Waals surface area contributed by atoms with Gasteiger partial charge in [0.25, 0.3) is 5.91 Å². The molecule has 0 aromatic heterocycles. The van der Waals surface area contributed by atoms with Crippen molar-refractivity contribution in [1.29, 1.82) is 0 Å². The Morgan fingerprint density at radius 3 is 2.42 bits per heavy atom. The van der Waals surface area contributed by atoms with Gasteiger partial charge in [-0.3, -0.25) is 4.79 Å². The smallest absolute Gasteiger partial charge is 0.258 e. The fraction of sp³-hybridized carbons (Fsp3) is 0.429. The number of hydrogen-bond donors (Lipinski definition) is 1. The van der Waals surface area contributed by atoms with Crippen LogP contribution in [0.5, 0.6) is 0 Å². The number of carbonyl (C=O) groups is 1. The average molecular weight is 280 g/mol. The summed E-state index contributed by atoms with van der Waals surface area (Å²) >= 11 is 4.88. The van der Waals surface area contributed by atoms with E-state index in [-0.39, 0.29) is 5.91 Å². The average Bonchev–Trinajstić information content (AvgIpc) is 2.39. The van der Waals surface area contributed by atoms with Crippen LogP contribution in [0.25, 0.3) is 0 Å². The van der Waals surface area contributed by atoms with Gasteiger partial charge in [0.1, 0.15) is 5.60 Å². The molecule has 1 amide bonds. The van der Waals surface area contributed by atoms with Crippen molar-refractivity contribution in [3.05, 3.63) is 30.3 Å². The molecule has 0 bridgehead atoms. The molecule has 0 aliphatic heterocycles. The molecule has 0 fully saturated rings. The third kappa shape index (κ3) is 4.29. The summed E-state index contributed by atoms with van der Waals surface area (Å²) in [5, 5.41) is 0. The second kappa shape index (κ2) is 6.63. The van der Waals surface area contributed by atoms with Gasteiger partial charge in [0.2, 0.25) is 0 Å². The number of amides is 1. The number of rotatable bonds is 6. The maximum atomic E-state index is 12.5.